The molecular formula is C15H15N5O3. The summed E-state index contributed by atoms with van der Waals surface area (Å²) in [6.45, 7) is 4.69. The number of rotatable bonds is 4. The molecule has 1 aromatic carbocycles. The molecule has 0 spiro atoms. The largest absolute Gasteiger partial charge is 0.324 e. The first-order valence-corrected chi connectivity index (χ1v) is 6.86. The smallest absolute Gasteiger partial charge is 0.312 e. The van der Waals surface area contributed by atoms with E-state index in [9.17, 15) is 14.9 Å². The zero-order chi connectivity index (χ0) is 17.1. The summed E-state index contributed by atoms with van der Waals surface area (Å²) < 4.78 is 1.33. The summed E-state index contributed by atoms with van der Waals surface area (Å²) in [6, 6.07) is 7.76. The maximum Gasteiger partial charge on any atom is 0.312 e. The zero-order valence-electron chi connectivity index (χ0n) is 12.9. The van der Waals surface area contributed by atoms with Gasteiger partial charge in [0.25, 0.3) is 0 Å². The Balaban J connectivity index is 2.25. The molecule has 23 heavy (non-hydrogen) atoms. The Morgan fingerprint density at radius 3 is 2.74 bits per heavy atom. The van der Waals surface area contributed by atoms with Crippen molar-refractivity contribution < 1.29 is 9.72 Å². The van der Waals surface area contributed by atoms with Crippen molar-refractivity contribution in [2.75, 3.05) is 5.32 Å². The van der Waals surface area contributed by atoms with Crippen molar-refractivity contribution in [2.24, 2.45) is 0 Å². The Labute approximate surface area is 132 Å². The molecule has 0 aliphatic heterocycles. The lowest BCUT2D eigenvalue weighted by Crippen LogP contribution is -2.25. The van der Waals surface area contributed by atoms with E-state index in [4.69, 9.17) is 5.26 Å². The molecular weight excluding hydrogens is 298 g/mol. The third kappa shape index (κ3) is 3.18. The zero-order valence-corrected chi connectivity index (χ0v) is 12.9. The van der Waals surface area contributed by atoms with Gasteiger partial charge in [0.05, 0.1) is 16.6 Å². The van der Waals surface area contributed by atoms with Crippen LogP contribution in [-0.2, 0) is 4.79 Å². The molecule has 0 bridgehead atoms. The molecule has 0 unspecified atom stereocenters. The van der Waals surface area contributed by atoms with E-state index < -0.39 is 11.0 Å². The van der Waals surface area contributed by atoms with Crippen LogP contribution in [0.4, 0.5) is 11.4 Å². The van der Waals surface area contributed by atoms with Gasteiger partial charge in [-0.05, 0) is 39.0 Å². The number of carbonyl (C=O) groups is 1. The highest BCUT2D eigenvalue weighted by atomic mass is 16.6. The maximum absolute atomic E-state index is 12.3. The summed E-state index contributed by atoms with van der Waals surface area (Å²) in [5.41, 5.74) is 1.41. The van der Waals surface area contributed by atoms with Gasteiger partial charge in [-0.1, -0.05) is 6.07 Å². The quantitative estimate of drug-likeness (QED) is 0.688. The van der Waals surface area contributed by atoms with Gasteiger partial charge in [0.2, 0.25) is 5.91 Å². The van der Waals surface area contributed by atoms with E-state index >= 15 is 0 Å². The molecule has 0 radical (unpaired) electrons. The fourth-order valence-corrected chi connectivity index (χ4v) is 2.32. The van der Waals surface area contributed by atoms with Gasteiger partial charge in [0, 0.05) is 5.69 Å². The van der Waals surface area contributed by atoms with Gasteiger partial charge in [0.1, 0.15) is 17.4 Å². The molecule has 1 aromatic heterocycles. The number of carbonyl (C=O) groups excluding carboxylic acids is 1. The fraction of sp³-hybridized carbons (Fsp3) is 0.267. The first kappa shape index (κ1) is 16.2. The third-order valence-corrected chi connectivity index (χ3v) is 3.47. The second-order valence-electron chi connectivity index (χ2n) is 5.08. The highest BCUT2D eigenvalue weighted by Gasteiger charge is 2.27. The standard InChI is InChI=1S/C15H15N5O3/c1-9-14(20(22)23)10(2)19(18-9)11(3)15(21)17-13-6-4-5-12(7-13)8-16/h4-7,11H,1-3H3,(H,17,21)/t11-/m0/s1. The van der Waals surface area contributed by atoms with Crippen LogP contribution >= 0.6 is 0 Å². The molecule has 0 fully saturated rings. The van der Waals surface area contributed by atoms with Gasteiger partial charge in [-0.25, -0.2) is 0 Å². The van der Waals surface area contributed by atoms with Crippen LogP contribution in [0.25, 0.3) is 0 Å². The number of nitrogens with zero attached hydrogens (tertiary/aromatic N) is 4. The van der Waals surface area contributed by atoms with Gasteiger partial charge in [0.15, 0.2) is 0 Å². The Bertz CT molecular complexity index is 819. The van der Waals surface area contributed by atoms with Crippen LogP contribution in [0.2, 0.25) is 0 Å². The van der Waals surface area contributed by atoms with E-state index in [0.717, 1.165) is 0 Å². The van der Waals surface area contributed by atoms with E-state index in [1.54, 1.807) is 38.1 Å². The maximum atomic E-state index is 12.3. The van der Waals surface area contributed by atoms with Crippen molar-refractivity contribution >= 4 is 17.3 Å². The first-order valence-electron chi connectivity index (χ1n) is 6.86. The van der Waals surface area contributed by atoms with Crippen molar-refractivity contribution in [3.05, 3.63) is 51.3 Å². The van der Waals surface area contributed by atoms with Crippen LogP contribution in [0, 0.1) is 35.3 Å². The molecule has 1 atom stereocenters. The Morgan fingerprint density at radius 2 is 2.17 bits per heavy atom. The van der Waals surface area contributed by atoms with Crippen LogP contribution in [0.5, 0.6) is 0 Å². The topological polar surface area (TPSA) is 114 Å². The average molecular weight is 313 g/mol. The second kappa shape index (κ2) is 6.27. The number of amides is 1. The van der Waals surface area contributed by atoms with E-state index in [0.29, 0.717) is 16.9 Å². The first-order chi connectivity index (χ1) is 10.8. The van der Waals surface area contributed by atoms with Crippen LogP contribution < -0.4 is 5.32 Å². The number of nitrogens with one attached hydrogen (secondary N) is 1. The van der Waals surface area contributed by atoms with Gasteiger partial charge < -0.3 is 5.32 Å². The fourth-order valence-electron chi connectivity index (χ4n) is 2.32. The molecule has 8 nitrogen and oxygen atoms in total. The van der Waals surface area contributed by atoms with E-state index in [1.807, 2.05) is 6.07 Å². The molecule has 0 aliphatic carbocycles. The average Bonchev–Trinajstić information content (AvgIpc) is 2.81. The lowest BCUT2D eigenvalue weighted by Gasteiger charge is -2.14. The molecule has 0 aliphatic rings. The predicted molar refractivity (Wildman–Crippen MR) is 82.9 cm³/mol. The number of anilines is 1. The number of aryl methyl sites for hydroxylation is 1. The molecule has 118 valence electrons. The molecule has 8 heteroatoms. The van der Waals surface area contributed by atoms with Gasteiger partial charge in [-0.3, -0.25) is 19.6 Å². The molecule has 2 aromatic rings. The minimum Gasteiger partial charge on any atom is -0.324 e. The lowest BCUT2D eigenvalue weighted by molar-refractivity contribution is -0.386. The highest BCUT2D eigenvalue weighted by molar-refractivity contribution is 5.93. The number of aromatic nitrogens is 2. The summed E-state index contributed by atoms with van der Waals surface area (Å²) in [4.78, 5) is 22.9. The summed E-state index contributed by atoms with van der Waals surface area (Å²) in [6.07, 6.45) is 0. The van der Waals surface area contributed by atoms with E-state index in [-0.39, 0.29) is 17.3 Å². The summed E-state index contributed by atoms with van der Waals surface area (Å²) >= 11 is 0. The Hall–Kier alpha value is -3.21. The van der Waals surface area contributed by atoms with Crippen molar-refractivity contribution in [2.45, 2.75) is 26.8 Å². The number of hydrogen-bond acceptors (Lipinski definition) is 5. The van der Waals surface area contributed by atoms with Crippen molar-refractivity contribution in [1.82, 2.24) is 9.78 Å². The lowest BCUT2D eigenvalue weighted by atomic mass is 10.2. The predicted octanol–water partition coefficient (Wildman–Crippen LogP) is 2.48. The minimum atomic E-state index is -0.729. The van der Waals surface area contributed by atoms with Gasteiger partial charge >= 0.3 is 5.69 Å². The van der Waals surface area contributed by atoms with Gasteiger partial charge in [-0.15, -0.1) is 0 Å². The van der Waals surface area contributed by atoms with Crippen LogP contribution in [0.1, 0.15) is 29.9 Å². The van der Waals surface area contributed by atoms with Crippen molar-refractivity contribution in [3.63, 3.8) is 0 Å². The van der Waals surface area contributed by atoms with Crippen LogP contribution in [0.15, 0.2) is 24.3 Å². The van der Waals surface area contributed by atoms with Gasteiger partial charge in [-0.2, -0.15) is 10.4 Å². The normalized spacial score (nSPS) is 11.6. The molecule has 1 amide bonds. The molecule has 0 saturated heterocycles. The molecule has 1 heterocycles. The van der Waals surface area contributed by atoms with E-state index in [1.165, 1.54) is 11.6 Å². The summed E-state index contributed by atoms with van der Waals surface area (Å²) in [7, 11) is 0. The Morgan fingerprint density at radius 1 is 1.48 bits per heavy atom. The van der Waals surface area contributed by atoms with Crippen LogP contribution in [0.3, 0.4) is 0 Å². The van der Waals surface area contributed by atoms with E-state index in [2.05, 4.69) is 10.4 Å². The highest BCUT2D eigenvalue weighted by Crippen LogP contribution is 2.25. The molecule has 1 N–H and O–H groups in total. The Kier molecular flexibility index (Phi) is 4.41. The number of hydrogen-bond donors (Lipinski definition) is 1. The number of benzene rings is 1. The molecule has 2 rings (SSSR count). The minimum absolute atomic E-state index is 0.0869. The van der Waals surface area contributed by atoms with Crippen molar-refractivity contribution in [1.29, 1.82) is 5.26 Å². The summed E-state index contributed by atoms with van der Waals surface area (Å²) in [5.74, 6) is -0.374. The SMILES string of the molecule is Cc1nn([C@@H](C)C(=O)Nc2cccc(C#N)c2)c(C)c1[N+](=O)[O-]. The molecule has 0 saturated carbocycles. The third-order valence-electron chi connectivity index (χ3n) is 3.47. The number of nitriles is 1. The summed E-state index contributed by atoms with van der Waals surface area (Å²) in [5, 5.41) is 26.7. The van der Waals surface area contributed by atoms with Crippen molar-refractivity contribution in [3.8, 4) is 6.07 Å². The number of nitro groups is 1. The monoisotopic (exact) mass is 313 g/mol. The second-order valence-corrected chi connectivity index (χ2v) is 5.08. The van der Waals surface area contributed by atoms with Crippen LogP contribution in [-0.4, -0.2) is 20.6 Å².